The molecule has 72 valence electrons. The number of hydrogen-bond acceptors (Lipinski definition) is 4. The third kappa shape index (κ3) is 5.09. The van der Waals surface area contributed by atoms with Gasteiger partial charge >= 0.3 is 5.97 Å². The molecule has 0 aromatic carbocycles. The quantitative estimate of drug-likeness (QED) is 0.568. The van der Waals surface area contributed by atoms with E-state index in [1.807, 2.05) is 6.92 Å². The van der Waals surface area contributed by atoms with Gasteiger partial charge in [-0.2, -0.15) is 0 Å². The zero-order valence-corrected chi connectivity index (χ0v) is 7.88. The van der Waals surface area contributed by atoms with Gasteiger partial charge in [0.2, 0.25) is 0 Å². The number of nitrogens with zero attached hydrogens (tertiary/aromatic N) is 1. The van der Waals surface area contributed by atoms with Crippen molar-refractivity contribution >= 4 is 5.97 Å². The summed E-state index contributed by atoms with van der Waals surface area (Å²) in [7, 11) is 1.40. The number of ether oxygens (including phenoxy) is 1. The van der Waals surface area contributed by atoms with Crippen molar-refractivity contribution in [1.29, 1.82) is 0 Å². The van der Waals surface area contributed by atoms with Crippen LogP contribution in [-0.2, 0) is 9.53 Å². The molecule has 0 fully saturated rings. The first-order valence-corrected chi connectivity index (χ1v) is 4.23. The Morgan fingerprint density at radius 1 is 1.50 bits per heavy atom. The van der Waals surface area contributed by atoms with E-state index in [0.717, 1.165) is 19.6 Å². The maximum Gasteiger partial charge on any atom is 0.306 e. The van der Waals surface area contributed by atoms with Gasteiger partial charge in [-0.25, -0.2) is 0 Å². The van der Waals surface area contributed by atoms with Gasteiger partial charge in [0.15, 0.2) is 0 Å². The molecule has 0 aliphatic carbocycles. The van der Waals surface area contributed by atoms with Crippen LogP contribution in [0.3, 0.4) is 0 Å². The van der Waals surface area contributed by atoms with Crippen LogP contribution >= 0.6 is 0 Å². The van der Waals surface area contributed by atoms with Crippen molar-refractivity contribution in [2.45, 2.75) is 13.3 Å². The second kappa shape index (κ2) is 7.06. The lowest BCUT2D eigenvalue weighted by molar-refractivity contribution is -0.140. The Balaban J connectivity index is 3.50. The highest BCUT2D eigenvalue weighted by atomic mass is 16.5. The lowest BCUT2D eigenvalue weighted by atomic mass is 10.3. The van der Waals surface area contributed by atoms with E-state index >= 15 is 0 Å². The van der Waals surface area contributed by atoms with Gasteiger partial charge in [0.25, 0.3) is 0 Å². The number of methoxy groups -OCH3 is 1. The lowest BCUT2D eigenvalue weighted by Crippen LogP contribution is -2.31. The predicted octanol–water partition coefficient (Wildman–Crippen LogP) is -0.170. The smallest absolute Gasteiger partial charge is 0.306 e. The van der Waals surface area contributed by atoms with Crippen LogP contribution in [0.1, 0.15) is 13.3 Å². The molecule has 2 N–H and O–H groups in total. The molecule has 0 heterocycles. The fraction of sp³-hybridized carbons (Fsp3) is 0.875. The fourth-order valence-electron chi connectivity index (χ4n) is 0.962. The molecule has 0 aromatic rings. The van der Waals surface area contributed by atoms with Gasteiger partial charge < -0.3 is 15.4 Å². The molecule has 0 aliphatic heterocycles. The molecule has 0 rings (SSSR count). The van der Waals surface area contributed by atoms with Gasteiger partial charge in [-0.15, -0.1) is 0 Å². The number of carbonyl (C=O) groups excluding carboxylic acids is 1. The Hall–Kier alpha value is -0.610. The fourth-order valence-corrected chi connectivity index (χ4v) is 0.962. The minimum absolute atomic E-state index is 0.162. The first kappa shape index (κ1) is 11.4. The predicted molar refractivity (Wildman–Crippen MR) is 47.8 cm³/mol. The molecule has 0 unspecified atom stereocenters. The molecule has 0 spiro atoms. The molecule has 0 bridgehead atoms. The molecular formula is C8H18N2O2. The molecule has 0 aromatic heterocycles. The Labute approximate surface area is 73.7 Å². The average molecular weight is 174 g/mol. The van der Waals surface area contributed by atoms with Crippen LogP contribution in [0.4, 0.5) is 0 Å². The van der Waals surface area contributed by atoms with Gasteiger partial charge in [0, 0.05) is 19.6 Å². The molecule has 0 saturated carbocycles. The summed E-state index contributed by atoms with van der Waals surface area (Å²) < 4.78 is 4.53. The van der Waals surface area contributed by atoms with Crippen molar-refractivity contribution in [2.24, 2.45) is 5.73 Å². The highest BCUT2D eigenvalue weighted by Crippen LogP contribution is 1.91. The van der Waals surface area contributed by atoms with Gasteiger partial charge in [-0.05, 0) is 6.54 Å². The lowest BCUT2D eigenvalue weighted by Gasteiger charge is -2.18. The SMILES string of the molecule is CCN(CCN)CCC(=O)OC. The maximum atomic E-state index is 10.8. The highest BCUT2D eigenvalue weighted by Gasteiger charge is 2.04. The van der Waals surface area contributed by atoms with Crippen molar-refractivity contribution in [3.8, 4) is 0 Å². The summed E-state index contributed by atoms with van der Waals surface area (Å²) in [5.41, 5.74) is 5.39. The third-order valence-electron chi connectivity index (χ3n) is 1.75. The van der Waals surface area contributed by atoms with Crippen LogP contribution < -0.4 is 5.73 Å². The summed E-state index contributed by atoms with van der Waals surface area (Å²) in [6, 6.07) is 0. The molecule has 4 nitrogen and oxygen atoms in total. The van der Waals surface area contributed by atoms with Crippen LogP contribution in [0, 0.1) is 0 Å². The minimum atomic E-state index is -0.162. The van der Waals surface area contributed by atoms with Crippen LogP contribution in [0.5, 0.6) is 0 Å². The number of rotatable bonds is 6. The van der Waals surface area contributed by atoms with Crippen molar-refractivity contribution in [3.63, 3.8) is 0 Å². The van der Waals surface area contributed by atoms with Crippen LogP contribution in [0.2, 0.25) is 0 Å². The first-order valence-electron chi connectivity index (χ1n) is 4.23. The van der Waals surface area contributed by atoms with Crippen LogP contribution in [-0.4, -0.2) is 44.2 Å². The standard InChI is InChI=1S/C8H18N2O2/c1-3-10(7-5-9)6-4-8(11)12-2/h3-7,9H2,1-2H3. The first-order chi connectivity index (χ1) is 5.74. The van der Waals surface area contributed by atoms with E-state index in [2.05, 4.69) is 9.64 Å². The Kier molecular flexibility index (Phi) is 6.70. The summed E-state index contributed by atoms with van der Waals surface area (Å²) in [4.78, 5) is 12.9. The van der Waals surface area contributed by atoms with E-state index in [1.54, 1.807) is 0 Å². The van der Waals surface area contributed by atoms with Gasteiger partial charge in [0.1, 0.15) is 0 Å². The van der Waals surface area contributed by atoms with Gasteiger partial charge in [-0.1, -0.05) is 6.92 Å². The monoisotopic (exact) mass is 174 g/mol. The Morgan fingerprint density at radius 3 is 2.58 bits per heavy atom. The summed E-state index contributed by atoms with van der Waals surface area (Å²) in [6.07, 6.45) is 0.449. The molecule has 12 heavy (non-hydrogen) atoms. The molecular weight excluding hydrogens is 156 g/mol. The van der Waals surface area contributed by atoms with E-state index < -0.39 is 0 Å². The zero-order chi connectivity index (χ0) is 9.40. The molecule has 0 aliphatic rings. The summed E-state index contributed by atoms with van der Waals surface area (Å²) in [6.45, 7) is 5.18. The second-order valence-electron chi connectivity index (χ2n) is 2.55. The number of esters is 1. The van der Waals surface area contributed by atoms with E-state index in [-0.39, 0.29) is 5.97 Å². The van der Waals surface area contributed by atoms with Crippen molar-refractivity contribution in [1.82, 2.24) is 4.90 Å². The van der Waals surface area contributed by atoms with E-state index in [4.69, 9.17) is 5.73 Å². The number of carbonyl (C=O) groups is 1. The number of nitrogens with two attached hydrogens (primary N) is 1. The summed E-state index contributed by atoms with van der Waals surface area (Å²) in [5, 5.41) is 0. The highest BCUT2D eigenvalue weighted by molar-refractivity contribution is 5.69. The summed E-state index contributed by atoms with van der Waals surface area (Å²) >= 11 is 0. The van der Waals surface area contributed by atoms with Crippen molar-refractivity contribution < 1.29 is 9.53 Å². The van der Waals surface area contributed by atoms with E-state index in [0.29, 0.717) is 13.0 Å². The zero-order valence-electron chi connectivity index (χ0n) is 7.88. The van der Waals surface area contributed by atoms with Crippen molar-refractivity contribution in [3.05, 3.63) is 0 Å². The Morgan fingerprint density at radius 2 is 2.17 bits per heavy atom. The largest absolute Gasteiger partial charge is 0.469 e. The van der Waals surface area contributed by atoms with E-state index in [1.165, 1.54) is 7.11 Å². The molecule has 0 amide bonds. The Bertz CT molecular complexity index is 128. The average Bonchev–Trinajstić information content (AvgIpc) is 2.11. The van der Waals surface area contributed by atoms with Gasteiger partial charge in [-0.3, -0.25) is 4.79 Å². The number of likely N-dealkylation sites (N-methyl/N-ethyl adjacent to an activating group) is 1. The third-order valence-corrected chi connectivity index (χ3v) is 1.75. The maximum absolute atomic E-state index is 10.8. The number of hydrogen-bond donors (Lipinski definition) is 1. The molecule has 0 saturated heterocycles. The van der Waals surface area contributed by atoms with Gasteiger partial charge in [0.05, 0.1) is 13.5 Å². The topological polar surface area (TPSA) is 55.6 Å². The molecule has 0 radical (unpaired) electrons. The molecule has 0 atom stereocenters. The van der Waals surface area contributed by atoms with Crippen molar-refractivity contribution in [2.75, 3.05) is 33.3 Å². The van der Waals surface area contributed by atoms with Crippen LogP contribution in [0.15, 0.2) is 0 Å². The second-order valence-corrected chi connectivity index (χ2v) is 2.55. The molecule has 4 heteroatoms. The normalized spacial score (nSPS) is 10.3. The minimum Gasteiger partial charge on any atom is -0.469 e. The van der Waals surface area contributed by atoms with Crippen LogP contribution in [0.25, 0.3) is 0 Å². The summed E-state index contributed by atoms with van der Waals surface area (Å²) in [5.74, 6) is -0.162. The van der Waals surface area contributed by atoms with E-state index in [9.17, 15) is 4.79 Å².